The van der Waals surface area contributed by atoms with E-state index in [9.17, 15) is 0 Å². The van der Waals surface area contributed by atoms with E-state index < -0.39 is 0 Å². The maximum absolute atomic E-state index is 6.23. The summed E-state index contributed by atoms with van der Waals surface area (Å²) in [6, 6.07) is 14.1. The predicted octanol–water partition coefficient (Wildman–Crippen LogP) is 4.71. The van der Waals surface area contributed by atoms with E-state index in [2.05, 4.69) is 27.6 Å². The van der Waals surface area contributed by atoms with Crippen LogP contribution in [0, 0.1) is 13.8 Å². The molecule has 4 aromatic rings. The summed E-state index contributed by atoms with van der Waals surface area (Å²) in [6.07, 6.45) is 1.68. The Labute approximate surface area is 163 Å². The van der Waals surface area contributed by atoms with Gasteiger partial charge in [0.15, 0.2) is 0 Å². The van der Waals surface area contributed by atoms with Crippen molar-refractivity contribution < 1.29 is 9.26 Å². The van der Waals surface area contributed by atoms with Crippen molar-refractivity contribution in [2.75, 3.05) is 18.2 Å². The number of nitrogens with two attached hydrogens (primary N) is 1. The first kappa shape index (κ1) is 17.9. The molecule has 4 rings (SSSR count). The van der Waals surface area contributed by atoms with Gasteiger partial charge < -0.3 is 20.3 Å². The molecule has 0 unspecified atom stereocenters. The molecule has 0 aliphatic rings. The highest BCUT2D eigenvalue weighted by Gasteiger charge is 2.19. The molecule has 0 saturated heterocycles. The van der Waals surface area contributed by atoms with Gasteiger partial charge >= 0.3 is 0 Å². The molecule has 2 aromatic carbocycles. The molecule has 0 amide bonds. The zero-order chi connectivity index (χ0) is 19.7. The number of hydrogen-bond acceptors (Lipinski definition) is 6. The molecule has 0 aliphatic carbocycles. The Morgan fingerprint density at radius 3 is 2.61 bits per heavy atom. The summed E-state index contributed by atoms with van der Waals surface area (Å²) < 4.78 is 11.0. The quantitative estimate of drug-likeness (QED) is 0.526. The van der Waals surface area contributed by atoms with Crippen molar-refractivity contribution >= 4 is 22.3 Å². The smallest absolute Gasteiger partial charge is 0.141 e. The molecule has 0 spiro atoms. The number of anilines is 2. The molecule has 0 radical (unpaired) electrons. The van der Waals surface area contributed by atoms with Gasteiger partial charge in [-0.15, -0.1) is 0 Å². The molecule has 2 aromatic heterocycles. The lowest BCUT2D eigenvalue weighted by molar-refractivity contribution is 0.393. The van der Waals surface area contributed by atoms with Gasteiger partial charge in [-0.1, -0.05) is 35.5 Å². The van der Waals surface area contributed by atoms with Gasteiger partial charge in [0.25, 0.3) is 0 Å². The van der Waals surface area contributed by atoms with E-state index in [-0.39, 0.29) is 0 Å². The number of aryl methyl sites for hydroxylation is 2. The van der Waals surface area contributed by atoms with Gasteiger partial charge in [0.2, 0.25) is 0 Å². The fraction of sp³-hybridized carbons (Fsp3) is 0.182. The average Bonchev–Trinajstić information content (AvgIpc) is 3.05. The Bertz CT molecular complexity index is 1120. The number of hydrogen-bond donors (Lipinski definition) is 2. The van der Waals surface area contributed by atoms with Crippen molar-refractivity contribution in [1.82, 2.24) is 10.1 Å². The number of nitrogens with one attached hydrogen (secondary N) is 1. The molecule has 0 atom stereocenters. The van der Waals surface area contributed by atoms with Gasteiger partial charge in [-0.25, -0.2) is 0 Å². The second-order valence-corrected chi connectivity index (χ2v) is 6.70. The lowest BCUT2D eigenvalue weighted by Crippen LogP contribution is -2.04. The Hall–Kier alpha value is -3.54. The van der Waals surface area contributed by atoms with Crippen molar-refractivity contribution in [3.63, 3.8) is 0 Å². The first-order valence-corrected chi connectivity index (χ1v) is 9.05. The fourth-order valence-corrected chi connectivity index (χ4v) is 3.45. The van der Waals surface area contributed by atoms with Crippen molar-refractivity contribution in [2.45, 2.75) is 20.4 Å². The lowest BCUT2D eigenvalue weighted by atomic mass is 10.00. The standard InChI is InChI=1S/C22H22N4O2/c1-13-21(14(2)28-26-13)17-9-19-16(10-20(17)27-3)22(18(23)12-24-19)25-11-15-7-5-4-6-8-15/h4-10,12H,11,23H2,1-3H3,(H,24,25). The van der Waals surface area contributed by atoms with Crippen LogP contribution in [0.1, 0.15) is 17.0 Å². The van der Waals surface area contributed by atoms with Crippen molar-refractivity contribution in [3.05, 3.63) is 65.7 Å². The van der Waals surface area contributed by atoms with Crippen LogP contribution in [-0.2, 0) is 6.54 Å². The van der Waals surface area contributed by atoms with Gasteiger partial charge in [-0.3, -0.25) is 4.98 Å². The van der Waals surface area contributed by atoms with E-state index in [0.717, 1.165) is 44.9 Å². The van der Waals surface area contributed by atoms with Gasteiger partial charge in [0.1, 0.15) is 11.5 Å². The molecule has 28 heavy (non-hydrogen) atoms. The SMILES string of the molecule is COc1cc2c(NCc3ccccc3)c(N)cnc2cc1-c1c(C)noc1C. The molecule has 0 fully saturated rings. The molecule has 142 valence electrons. The Morgan fingerprint density at radius 1 is 1.14 bits per heavy atom. The number of pyridine rings is 1. The zero-order valence-corrected chi connectivity index (χ0v) is 16.1. The van der Waals surface area contributed by atoms with Crippen LogP contribution in [0.4, 0.5) is 11.4 Å². The van der Waals surface area contributed by atoms with E-state index in [1.807, 2.05) is 44.2 Å². The summed E-state index contributed by atoms with van der Waals surface area (Å²) in [7, 11) is 1.65. The summed E-state index contributed by atoms with van der Waals surface area (Å²) in [5, 5.41) is 8.41. The minimum atomic E-state index is 0.593. The highest BCUT2D eigenvalue weighted by molar-refractivity contribution is 6.00. The van der Waals surface area contributed by atoms with Gasteiger partial charge in [0.05, 0.1) is 41.5 Å². The third-order valence-corrected chi connectivity index (χ3v) is 4.83. The first-order valence-electron chi connectivity index (χ1n) is 9.05. The summed E-state index contributed by atoms with van der Waals surface area (Å²) in [4.78, 5) is 4.53. The molecule has 0 bridgehead atoms. The van der Waals surface area contributed by atoms with Gasteiger partial charge in [-0.05, 0) is 31.5 Å². The van der Waals surface area contributed by atoms with Crippen LogP contribution in [-0.4, -0.2) is 17.3 Å². The predicted molar refractivity (Wildman–Crippen MR) is 111 cm³/mol. The van der Waals surface area contributed by atoms with E-state index in [4.69, 9.17) is 15.0 Å². The molecule has 0 aliphatic heterocycles. The topological polar surface area (TPSA) is 86.2 Å². The second-order valence-electron chi connectivity index (χ2n) is 6.70. The number of ether oxygens (including phenoxy) is 1. The third-order valence-electron chi connectivity index (χ3n) is 4.83. The number of rotatable bonds is 5. The van der Waals surface area contributed by atoms with Crippen molar-refractivity contribution in [3.8, 4) is 16.9 Å². The summed E-state index contributed by atoms with van der Waals surface area (Å²) in [5.74, 6) is 1.46. The Kier molecular flexibility index (Phi) is 4.61. The first-order chi connectivity index (χ1) is 13.6. The van der Waals surface area contributed by atoms with Gasteiger partial charge in [0, 0.05) is 17.5 Å². The van der Waals surface area contributed by atoms with Crippen LogP contribution >= 0.6 is 0 Å². The van der Waals surface area contributed by atoms with E-state index in [0.29, 0.717) is 12.2 Å². The third kappa shape index (κ3) is 3.13. The van der Waals surface area contributed by atoms with Crippen LogP contribution in [0.25, 0.3) is 22.0 Å². The largest absolute Gasteiger partial charge is 0.496 e. The molecular formula is C22H22N4O2. The zero-order valence-electron chi connectivity index (χ0n) is 16.1. The van der Waals surface area contributed by atoms with Crippen LogP contribution in [0.2, 0.25) is 0 Å². The molecule has 6 heteroatoms. The summed E-state index contributed by atoms with van der Waals surface area (Å²) in [5.41, 5.74) is 12.3. The number of aromatic nitrogens is 2. The maximum Gasteiger partial charge on any atom is 0.141 e. The number of methoxy groups -OCH3 is 1. The number of benzene rings is 2. The summed E-state index contributed by atoms with van der Waals surface area (Å²) >= 11 is 0. The number of nitrogen functional groups attached to an aromatic ring is 1. The minimum Gasteiger partial charge on any atom is -0.496 e. The number of fused-ring (bicyclic) bond motifs is 1. The monoisotopic (exact) mass is 374 g/mol. The van der Waals surface area contributed by atoms with Crippen LogP contribution in [0.15, 0.2) is 53.2 Å². The van der Waals surface area contributed by atoms with Gasteiger partial charge in [-0.2, -0.15) is 0 Å². The van der Waals surface area contributed by atoms with E-state index in [1.54, 1.807) is 13.3 Å². The highest BCUT2D eigenvalue weighted by Crippen LogP contribution is 2.40. The van der Waals surface area contributed by atoms with Crippen LogP contribution in [0.5, 0.6) is 5.75 Å². The number of nitrogens with zero attached hydrogens (tertiary/aromatic N) is 2. The lowest BCUT2D eigenvalue weighted by Gasteiger charge is -2.15. The molecular weight excluding hydrogens is 352 g/mol. The second kappa shape index (κ2) is 7.23. The fourth-order valence-electron chi connectivity index (χ4n) is 3.45. The Balaban J connectivity index is 1.82. The van der Waals surface area contributed by atoms with Crippen molar-refractivity contribution in [1.29, 1.82) is 0 Å². The normalized spacial score (nSPS) is 11.0. The molecule has 6 nitrogen and oxygen atoms in total. The summed E-state index contributed by atoms with van der Waals surface area (Å²) in [6.45, 7) is 4.47. The molecule has 2 heterocycles. The molecule has 0 saturated carbocycles. The Morgan fingerprint density at radius 2 is 1.93 bits per heavy atom. The maximum atomic E-state index is 6.23. The van der Waals surface area contributed by atoms with Crippen LogP contribution < -0.4 is 15.8 Å². The van der Waals surface area contributed by atoms with E-state index in [1.165, 1.54) is 5.56 Å². The minimum absolute atomic E-state index is 0.593. The van der Waals surface area contributed by atoms with Crippen LogP contribution in [0.3, 0.4) is 0 Å². The van der Waals surface area contributed by atoms with Crippen molar-refractivity contribution in [2.24, 2.45) is 0 Å². The highest BCUT2D eigenvalue weighted by atomic mass is 16.5. The average molecular weight is 374 g/mol. The molecule has 3 N–H and O–H groups in total. The van der Waals surface area contributed by atoms with E-state index >= 15 is 0 Å².